The number of nitrogens with one attached hydrogen (secondary N) is 1. The predicted octanol–water partition coefficient (Wildman–Crippen LogP) is 4.78. The van der Waals surface area contributed by atoms with Gasteiger partial charge in [-0.2, -0.15) is 13.2 Å². The maximum atomic E-state index is 13.4. The molecule has 0 atom stereocenters. The lowest BCUT2D eigenvalue weighted by Gasteiger charge is -2.16. The van der Waals surface area contributed by atoms with E-state index >= 15 is 0 Å². The lowest BCUT2D eigenvalue weighted by atomic mass is 10.1. The number of rotatable bonds is 5. The van der Waals surface area contributed by atoms with Gasteiger partial charge in [0.1, 0.15) is 11.6 Å². The van der Waals surface area contributed by atoms with Crippen molar-refractivity contribution in [2.24, 2.45) is 0 Å². The fourth-order valence-electron chi connectivity index (χ4n) is 3.11. The first-order valence-corrected chi connectivity index (χ1v) is 9.48. The standard InChI is InChI=1S/C22H19F3N6/c1-31(2)20-11-15(16-5-3-4-6-17(16)28-20)13-27-19-12-18(22(23,24)25)29-21(30-19)14-7-9-26-10-8-14/h3-12H,13H2,1-2H3,(H,27,29,30). The number of fused-ring (bicyclic) bond motifs is 1. The average molecular weight is 424 g/mol. The minimum atomic E-state index is -4.59. The van der Waals surface area contributed by atoms with E-state index in [2.05, 4.69) is 25.3 Å². The molecule has 6 nitrogen and oxygen atoms in total. The van der Waals surface area contributed by atoms with Gasteiger partial charge < -0.3 is 10.2 Å². The molecule has 0 saturated heterocycles. The van der Waals surface area contributed by atoms with Crippen LogP contribution in [0.2, 0.25) is 0 Å². The molecule has 9 heteroatoms. The zero-order chi connectivity index (χ0) is 22.0. The van der Waals surface area contributed by atoms with E-state index in [1.165, 1.54) is 12.4 Å². The lowest BCUT2D eigenvalue weighted by molar-refractivity contribution is -0.141. The zero-order valence-corrected chi connectivity index (χ0v) is 16.9. The van der Waals surface area contributed by atoms with Crippen LogP contribution in [0.5, 0.6) is 0 Å². The summed E-state index contributed by atoms with van der Waals surface area (Å²) in [5.41, 5.74) is 1.15. The molecular weight excluding hydrogens is 405 g/mol. The Labute approximate surface area is 176 Å². The van der Waals surface area contributed by atoms with Crippen LogP contribution in [-0.4, -0.2) is 34.0 Å². The van der Waals surface area contributed by atoms with Crippen LogP contribution in [0, 0.1) is 0 Å². The molecule has 0 fully saturated rings. The second-order valence-electron chi connectivity index (χ2n) is 7.10. The normalized spacial score (nSPS) is 11.5. The monoisotopic (exact) mass is 424 g/mol. The highest BCUT2D eigenvalue weighted by Crippen LogP contribution is 2.31. The quantitative estimate of drug-likeness (QED) is 0.497. The molecular formula is C22H19F3N6. The maximum Gasteiger partial charge on any atom is 0.433 e. The summed E-state index contributed by atoms with van der Waals surface area (Å²) < 4.78 is 40.3. The van der Waals surface area contributed by atoms with Crippen molar-refractivity contribution < 1.29 is 13.2 Å². The van der Waals surface area contributed by atoms with Gasteiger partial charge in [0.15, 0.2) is 11.5 Å². The number of hydrogen-bond acceptors (Lipinski definition) is 6. The number of anilines is 2. The van der Waals surface area contributed by atoms with Crippen LogP contribution in [0.1, 0.15) is 11.3 Å². The number of hydrogen-bond donors (Lipinski definition) is 1. The third-order valence-corrected chi connectivity index (χ3v) is 4.66. The molecule has 3 aromatic heterocycles. The molecule has 158 valence electrons. The second-order valence-corrected chi connectivity index (χ2v) is 7.10. The van der Waals surface area contributed by atoms with Crippen LogP contribution in [0.4, 0.5) is 24.8 Å². The highest BCUT2D eigenvalue weighted by Gasteiger charge is 2.33. The molecule has 0 amide bonds. The topological polar surface area (TPSA) is 66.8 Å². The summed E-state index contributed by atoms with van der Waals surface area (Å²) in [4.78, 5) is 18.4. The van der Waals surface area contributed by atoms with Gasteiger partial charge in [0.05, 0.1) is 5.52 Å². The number of nitrogens with zero attached hydrogens (tertiary/aromatic N) is 5. The fourth-order valence-corrected chi connectivity index (χ4v) is 3.11. The van der Waals surface area contributed by atoms with Gasteiger partial charge in [-0.3, -0.25) is 4.98 Å². The van der Waals surface area contributed by atoms with Crippen molar-refractivity contribution in [3.8, 4) is 11.4 Å². The predicted molar refractivity (Wildman–Crippen MR) is 114 cm³/mol. The third kappa shape index (κ3) is 4.55. The summed E-state index contributed by atoms with van der Waals surface area (Å²) in [5, 5.41) is 3.95. The Hall–Kier alpha value is -3.75. The molecule has 0 spiro atoms. The molecule has 31 heavy (non-hydrogen) atoms. The van der Waals surface area contributed by atoms with Crippen molar-refractivity contribution in [2.75, 3.05) is 24.3 Å². The summed E-state index contributed by atoms with van der Waals surface area (Å²) in [6, 6.07) is 13.6. The van der Waals surface area contributed by atoms with Crippen LogP contribution in [0.25, 0.3) is 22.3 Å². The molecule has 0 aliphatic rings. The van der Waals surface area contributed by atoms with Gasteiger partial charge in [0.2, 0.25) is 0 Å². The van der Waals surface area contributed by atoms with E-state index in [0.717, 1.165) is 28.4 Å². The second kappa shape index (κ2) is 8.17. The fraction of sp³-hybridized carbons (Fsp3) is 0.182. The molecule has 0 unspecified atom stereocenters. The van der Waals surface area contributed by atoms with E-state index in [0.29, 0.717) is 5.56 Å². The zero-order valence-electron chi connectivity index (χ0n) is 16.9. The van der Waals surface area contributed by atoms with Crippen molar-refractivity contribution in [3.05, 3.63) is 72.2 Å². The molecule has 4 aromatic rings. The Morgan fingerprint density at radius 3 is 2.39 bits per heavy atom. The van der Waals surface area contributed by atoms with E-state index in [9.17, 15) is 13.2 Å². The first kappa shape index (κ1) is 20.5. The van der Waals surface area contributed by atoms with Crippen molar-refractivity contribution in [2.45, 2.75) is 12.7 Å². The molecule has 0 aliphatic heterocycles. The number of aromatic nitrogens is 4. The Morgan fingerprint density at radius 1 is 0.935 bits per heavy atom. The first-order chi connectivity index (χ1) is 14.8. The Morgan fingerprint density at radius 2 is 1.68 bits per heavy atom. The summed E-state index contributed by atoms with van der Waals surface area (Å²) in [6.45, 7) is 0.272. The van der Waals surface area contributed by atoms with E-state index in [1.807, 2.05) is 49.3 Å². The molecule has 0 bridgehead atoms. The van der Waals surface area contributed by atoms with Gasteiger partial charge in [-0.05, 0) is 29.8 Å². The van der Waals surface area contributed by atoms with Gasteiger partial charge in [-0.15, -0.1) is 0 Å². The van der Waals surface area contributed by atoms with E-state index in [4.69, 9.17) is 0 Å². The largest absolute Gasteiger partial charge is 0.433 e. The van der Waals surface area contributed by atoms with Gasteiger partial charge in [0.25, 0.3) is 0 Å². The number of pyridine rings is 2. The minimum Gasteiger partial charge on any atom is -0.366 e. The van der Waals surface area contributed by atoms with E-state index in [1.54, 1.807) is 12.1 Å². The smallest absolute Gasteiger partial charge is 0.366 e. The van der Waals surface area contributed by atoms with Crippen LogP contribution >= 0.6 is 0 Å². The molecule has 0 radical (unpaired) electrons. The van der Waals surface area contributed by atoms with Gasteiger partial charge in [-0.25, -0.2) is 15.0 Å². The van der Waals surface area contributed by atoms with Gasteiger partial charge in [0, 0.05) is 50.0 Å². The lowest BCUT2D eigenvalue weighted by Crippen LogP contribution is -2.13. The van der Waals surface area contributed by atoms with Crippen molar-refractivity contribution in [3.63, 3.8) is 0 Å². The number of benzene rings is 1. The SMILES string of the molecule is CN(C)c1cc(CNc2cc(C(F)(F)F)nc(-c3ccncc3)n2)c2ccccc2n1. The minimum absolute atomic E-state index is 0.0201. The number of halogens is 3. The number of para-hydroxylation sites is 1. The maximum absolute atomic E-state index is 13.4. The summed E-state index contributed by atoms with van der Waals surface area (Å²) in [6.07, 6.45) is -1.63. The summed E-state index contributed by atoms with van der Waals surface area (Å²) >= 11 is 0. The van der Waals surface area contributed by atoms with Gasteiger partial charge in [-0.1, -0.05) is 18.2 Å². The van der Waals surface area contributed by atoms with Crippen molar-refractivity contribution in [1.29, 1.82) is 0 Å². The Bertz CT molecular complexity index is 1210. The molecule has 4 rings (SSSR count). The average Bonchev–Trinajstić information content (AvgIpc) is 2.77. The summed E-state index contributed by atoms with van der Waals surface area (Å²) in [7, 11) is 3.77. The number of alkyl halides is 3. The van der Waals surface area contributed by atoms with Crippen molar-refractivity contribution >= 4 is 22.5 Å². The van der Waals surface area contributed by atoms with Gasteiger partial charge >= 0.3 is 6.18 Å². The van der Waals surface area contributed by atoms with Crippen LogP contribution in [0.3, 0.4) is 0 Å². The van der Waals surface area contributed by atoms with Crippen LogP contribution in [-0.2, 0) is 12.7 Å². The molecule has 1 aromatic carbocycles. The molecule has 1 N–H and O–H groups in total. The van der Waals surface area contributed by atoms with E-state index < -0.39 is 11.9 Å². The van der Waals surface area contributed by atoms with E-state index in [-0.39, 0.29) is 18.2 Å². The highest BCUT2D eigenvalue weighted by atomic mass is 19.4. The Balaban J connectivity index is 1.72. The summed E-state index contributed by atoms with van der Waals surface area (Å²) in [5.74, 6) is 0.821. The molecule has 3 heterocycles. The first-order valence-electron chi connectivity index (χ1n) is 9.48. The van der Waals surface area contributed by atoms with Crippen LogP contribution in [0.15, 0.2) is 60.9 Å². The Kier molecular flexibility index (Phi) is 5.41. The van der Waals surface area contributed by atoms with Crippen molar-refractivity contribution in [1.82, 2.24) is 19.9 Å². The van der Waals surface area contributed by atoms with Crippen LogP contribution < -0.4 is 10.2 Å². The third-order valence-electron chi connectivity index (χ3n) is 4.66. The highest BCUT2D eigenvalue weighted by molar-refractivity contribution is 5.84. The molecule has 0 aliphatic carbocycles. The molecule has 0 saturated carbocycles.